The van der Waals surface area contributed by atoms with Gasteiger partial charge in [-0.3, -0.25) is 14.0 Å². The van der Waals surface area contributed by atoms with Crippen molar-refractivity contribution >= 4 is 23.1 Å². The first-order chi connectivity index (χ1) is 18.8. The van der Waals surface area contributed by atoms with E-state index in [2.05, 4.69) is 18.8 Å². The normalized spacial score (nSPS) is 16.9. The number of imidazole rings is 1. The number of rotatable bonds is 9. The van der Waals surface area contributed by atoms with Crippen molar-refractivity contribution < 1.29 is 19.4 Å². The topological polar surface area (TPSA) is 84.1 Å². The number of ketones is 1. The molecule has 1 amide bonds. The van der Waals surface area contributed by atoms with Gasteiger partial charge in [0.15, 0.2) is 5.76 Å². The number of ether oxygens (including phenoxy) is 1. The van der Waals surface area contributed by atoms with Crippen LogP contribution in [0, 0.1) is 12.8 Å². The summed E-state index contributed by atoms with van der Waals surface area (Å²) in [6.45, 7) is 6.95. The number of likely N-dealkylation sites (tertiary alicyclic amines) is 1. The largest absolute Gasteiger partial charge is 0.505 e. The Kier molecular flexibility index (Phi) is 7.50. The van der Waals surface area contributed by atoms with Crippen molar-refractivity contribution in [2.75, 3.05) is 13.2 Å². The molecule has 1 aliphatic heterocycles. The standard InChI is InChI=1S/C32H33N3O4/c1-21(2)16-19-39-25-13-9-12-24(20-25)29-27(30(36)28-22(3)33-26-14-7-8-17-34(26)28)31(37)32(38)35(29)18-15-23-10-5-4-6-11-23/h4-14,17,20-21,29,36H,15-16,18-19H2,1-3H3. The number of aliphatic hydroxyl groups is 1. The van der Waals surface area contributed by atoms with E-state index < -0.39 is 17.7 Å². The molecule has 7 heteroatoms. The monoisotopic (exact) mass is 523 g/mol. The van der Waals surface area contributed by atoms with Gasteiger partial charge in [-0.25, -0.2) is 4.98 Å². The number of hydrogen-bond donors (Lipinski definition) is 1. The number of amides is 1. The molecule has 0 bridgehead atoms. The minimum atomic E-state index is -0.768. The first kappa shape index (κ1) is 26.2. The Labute approximate surface area is 228 Å². The second-order valence-electron chi connectivity index (χ2n) is 10.3. The van der Waals surface area contributed by atoms with Crippen LogP contribution in [0.2, 0.25) is 0 Å². The van der Waals surface area contributed by atoms with Crippen molar-refractivity contribution in [3.8, 4) is 5.75 Å². The van der Waals surface area contributed by atoms with Crippen molar-refractivity contribution in [1.29, 1.82) is 0 Å². The fourth-order valence-electron chi connectivity index (χ4n) is 5.06. The highest BCUT2D eigenvalue weighted by Crippen LogP contribution is 2.41. The van der Waals surface area contributed by atoms with Crippen LogP contribution in [0.3, 0.4) is 0 Å². The molecule has 3 heterocycles. The lowest BCUT2D eigenvalue weighted by molar-refractivity contribution is -0.139. The zero-order chi connectivity index (χ0) is 27.5. The average molecular weight is 524 g/mol. The highest BCUT2D eigenvalue weighted by Gasteiger charge is 2.46. The first-order valence-electron chi connectivity index (χ1n) is 13.3. The molecule has 1 aliphatic rings. The molecule has 2 aromatic carbocycles. The lowest BCUT2D eigenvalue weighted by Crippen LogP contribution is -2.31. The van der Waals surface area contributed by atoms with E-state index in [1.54, 1.807) is 22.4 Å². The number of aliphatic hydroxyl groups excluding tert-OH is 1. The molecule has 200 valence electrons. The van der Waals surface area contributed by atoms with Gasteiger partial charge in [-0.2, -0.15) is 0 Å². The molecule has 0 radical (unpaired) electrons. The number of hydrogen-bond acceptors (Lipinski definition) is 5. The van der Waals surface area contributed by atoms with Crippen LogP contribution >= 0.6 is 0 Å². The van der Waals surface area contributed by atoms with Gasteiger partial charge in [0.2, 0.25) is 0 Å². The summed E-state index contributed by atoms with van der Waals surface area (Å²) in [5.74, 6) is -0.403. The summed E-state index contributed by atoms with van der Waals surface area (Å²) in [6.07, 6.45) is 3.27. The number of aromatic nitrogens is 2. The Morgan fingerprint density at radius 1 is 1.03 bits per heavy atom. The Balaban J connectivity index is 1.60. The molecule has 1 atom stereocenters. The molecule has 5 rings (SSSR count). The van der Waals surface area contributed by atoms with Gasteiger partial charge in [0, 0.05) is 12.7 Å². The molecule has 2 aromatic heterocycles. The summed E-state index contributed by atoms with van der Waals surface area (Å²) in [5.41, 5.74) is 3.44. The van der Waals surface area contributed by atoms with Crippen LogP contribution in [-0.4, -0.2) is 44.2 Å². The second-order valence-corrected chi connectivity index (χ2v) is 10.3. The number of aryl methyl sites for hydroxylation is 1. The fourth-order valence-corrected chi connectivity index (χ4v) is 5.06. The Bertz CT molecular complexity index is 1540. The Hall–Kier alpha value is -4.39. The van der Waals surface area contributed by atoms with Crippen LogP contribution in [0.25, 0.3) is 11.4 Å². The predicted molar refractivity (Wildman–Crippen MR) is 150 cm³/mol. The van der Waals surface area contributed by atoms with Crippen molar-refractivity contribution in [3.63, 3.8) is 0 Å². The molecule has 0 aliphatic carbocycles. The lowest BCUT2D eigenvalue weighted by atomic mass is 9.96. The molecular formula is C32H33N3O4. The summed E-state index contributed by atoms with van der Waals surface area (Å²) < 4.78 is 7.74. The molecule has 1 N–H and O–H groups in total. The molecule has 7 nitrogen and oxygen atoms in total. The first-order valence-corrected chi connectivity index (χ1v) is 13.3. The number of carbonyl (C=O) groups is 2. The van der Waals surface area contributed by atoms with Crippen molar-refractivity contribution in [2.45, 2.75) is 39.7 Å². The van der Waals surface area contributed by atoms with Crippen LogP contribution in [0.15, 0.2) is 84.6 Å². The van der Waals surface area contributed by atoms with E-state index in [9.17, 15) is 14.7 Å². The number of pyridine rings is 1. The van der Waals surface area contributed by atoms with Crippen molar-refractivity contribution in [2.24, 2.45) is 5.92 Å². The van der Waals surface area contributed by atoms with Gasteiger partial charge >= 0.3 is 0 Å². The SMILES string of the molecule is Cc1nc2ccccn2c1C(O)=C1C(=O)C(=O)N(CCc2ccccc2)C1c1cccc(OCCC(C)C)c1. The summed E-state index contributed by atoms with van der Waals surface area (Å²) in [7, 11) is 0. The van der Waals surface area contributed by atoms with Gasteiger partial charge < -0.3 is 14.7 Å². The smallest absolute Gasteiger partial charge is 0.295 e. The van der Waals surface area contributed by atoms with Crippen LogP contribution in [0.5, 0.6) is 5.75 Å². The molecule has 1 saturated heterocycles. The number of benzene rings is 2. The van der Waals surface area contributed by atoms with Crippen LogP contribution in [0.4, 0.5) is 0 Å². The van der Waals surface area contributed by atoms with Crippen LogP contribution < -0.4 is 4.74 Å². The third-order valence-electron chi connectivity index (χ3n) is 7.09. The number of nitrogens with zero attached hydrogens (tertiary/aromatic N) is 3. The minimum absolute atomic E-state index is 0.0566. The molecular weight excluding hydrogens is 490 g/mol. The molecule has 0 spiro atoms. The maximum atomic E-state index is 13.6. The van der Waals surface area contributed by atoms with E-state index in [1.807, 2.05) is 72.8 Å². The summed E-state index contributed by atoms with van der Waals surface area (Å²) in [5, 5.41) is 11.7. The second kappa shape index (κ2) is 11.2. The van der Waals surface area contributed by atoms with Gasteiger partial charge in [0.05, 0.1) is 23.9 Å². The third-order valence-corrected chi connectivity index (χ3v) is 7.09. The van der Waals surface area contributed by atoms with Gasteiger partial charge in [-0.05, 0) is 61.1 Å². The van der Waals surface area contributed by atoms with Gasteiger partial charge in [-0.1, -0.05) is 62.4 Å². The quantitative estimate of drug-likeness (QED) is 0.172. The molecule has 4 aromatic rings. The highest BCUT2D eigenvalue weighted by atomic mass is 16.5. The van der Waals surface area contributed by atoms with E-state index >= 15 is 0 Å². The molecule has 39 heavy (non-hydrogen) atoms. The average Bonchev–Trinajstić information content (AvgIpc) is 3.40. The summed E-state index contributed by atoms with van der Waals surface area (Å²) >= 11 is 0. The molecule has 1 unspecified atom stereocenters. The van der Waals surface area contributed by atoms with E-state index in [0.717, 1.165) is 12.0 Å². The lowest BCUT2D eigenvalue weighted by Gasteiger charge is -2.26. The molecule has 1 fully saturated rings. The third kappa shape index (κ3) is 5.30. The zero-order valence-corrected chi connectivity index (χ0v) is 22.5. The van der Waals surface area contributed by atoms with Gasteiger partial charge in [0.1, 0.15) is 17.1 Å². The van der Waals surface area contributed by atoms with Crippen molar-refractivity contribution in [3.05, 3.63) is 107 Å². The number of Topliss-reactive ketones (excluding diaryl/α,β-unsaturated/α-hetero) is 1. The van der Waals surface area contributed by atoms with Gasteiger partial charge in [-0.15, -0.1) is 0 Å². The van der Waals surface area contributed by atoms with E-state index in [4.69, 9.17) is 4.74 Å². The predicted octanol–water partition coefficient (Wildman–Crippen LogP) is 5.73. The van der Waals surface area contributed by atoms with E-state index in [-0.39, 0.29) is 11.3 Å². The highest BCUT2D eigenvalue weighted by molar-refractivity contribution is 6.46. The maximum Gasteiger partial charge on any atom is 0.295 e. The Morgan fingerprint density at radius 2 is 1.79 bits per heavy atom. The number of carbonyl (C=O) groups excluding carboxylic acids is 2. The van der Waals surface area contributed by atoms with Crippen LogP contribution in [0.1, 0.15) is 48.8 Å². The number of fused-ring (bicyclic) bond motifs is 1. The van der Waals surface area contributed by atoms with Crippen LogP contribution in [-0.2, 0) is 16.0 Å². The summed E-state index contributed by atoms with van der Waals surface area (Å²) in [4.78, 5) is 33.1. The van der Waals surface area contributed by atoms with Gasteiger partial charge in [0.25, 0.3) is 11.7 Å². The zero-order valence-electron chi connectivity index (χ0n) is 22.5. The Morgan fingerprint density at radius 3 is 2.56 bits per heavy atom. The molecule has 0 saturated carbocycles. The maximum absolute atomic E-state index is 13.6. The van der Waals surface area contributed by atoms with E-state index in [0.29, 0.717) is 53.8 Å². The minimum Gasteiger partial charge on any atom is -0.505 e. The van der Waals surface area contributed by atoms with E-state index in [1.165, 1.54) is 0 Å². The summed E-state index contributed by atoms with van der Waals surface area (Å²) in [6, 6.07) is 22.1. The fraction of sp³-hybridized carbons (Fsp3) is 0.281. The van der Waals surface area contributed by atoms with Crippen molar-refractivity contribution in [1.82, 2.24) is 14.3 Å².